The number of aromatic nitrogens is 2. The third-order valence-corrected chi connectivity index (χ3v) is 8.15. The summed E-state index contributed by atoms with van der Waals surface area (Å²) in [6.45, 7) is 0. The molecule has 2 fully saturated rings. The third-order valence-electron chi connectivity index (χ3n) is 6.34. The topological polar surface area (TPSA) is 116 Å². The van der Waals surface area contributed by atoms with E-state index in [9.17, 15) is 18.5 Å². The van der Waals surface area contributed by atoms with Crippen LogP contribution in [0, 0.1) is 17.2 Å². The van der Waals surface area contributed by atoms with E-state index in [1.165, 1.54) is 6.26 Å². The first-order chi connectivity index (χ1) is 15.0. The maximum absolute atomic E-state index is 13.1. The molecule has 0 spiro atoms. The molecule has 1 aromatic carbocycles. The Kier molecular flexibility index (Phi) is 6.03. The number of halogens is 2. The molecule has 0 radical (unpaired) electrons. The zero-order valence-electron chi connectivity index (χ0n) is 17.6. The number of hydrogen-bond donors (Lipinski definition) is 2. The van der Waals surface area contributed by atoms with Gasteiger partial charge < -0.3 is 5.32 Å². The van der Waals surface area contributed by atoms with E-state index in [-0.39, 0.29) is 23.1 Å². The van der Waals surface area contributed by atoms with Crippen molar-refractivity contribution in [1.82, 2.24) is 15.5 Å². The first kappa shape index (κ1) is 23.1. The van der Waals surface area contributed by atoms with Gasteiger partial charge in [-0.1, -0.05) is 12.1 Å². The molecular formula is C22H24Cl2N4O3S. The molecule has 0 unspecified atom stereocenters. The predicted molar refractivity (Wildman–Crippen MR) is 121 cm³/mol. The van der Waals surface area contributed by atoms with Crippen LogP contribution in [0.1, 0.15) is 54.8 Å². The van der Waals surface area contributed by atoms with E-state index in [0.29, 0.717) is 32.1 Å². The normalized spacial score (nSPS) is 23.8. The zero-order chi connectivity index (χ0) is 23.1. The molecule has 170 valence electrons. The summed E-state index contributed by atoms with van der Waals surface area (Å²) in [5, 5.41) is 19.6. The summed E-state index contributed by atoms with van der Waals surface area (Å²) in [4.78, 5) is 13.4. The minimum absolute atomic E-state index is 0.188. The van der Waals surface area contributed by atoms with Crippen LogP contribution >= 0.6 is 23.2 Å². The van der Waals surface area contributed by atoms with Crippen LogP contribution in [0.2, 0.25) is 0 Å². The lowest BCUT2D eigenvalue weighted by atomic mass is 9.75. The third kappa shape index (κ3) is 4.95. The number of nitrogens with one attached hydrogen (secondary N) is 2. The number of hydrogen-bond acceptors (Lipinski definition) is 5. The second kappa shape index (κ2) is 8.36. The number of carbonyl (C=O) groups is 1. The summed E-state index contributed by atoms with van der Waals surface area (Å²) in [6, 6.07) is 8.94. The quantitative estimate of drug-likeness (QED) is 0.594. The molecule has 2 aliphatic carbocycles. The lowest BCUT2D eigenvalue weighted by Gasteiger charge is -2.37. The highest BCUT2D eigenvalue weighted by molar-refractivity contribution is 7.90. The molecule has 0 saturated heterocycles. The maximum Gasteiger partial charge on any atom is 0.225 e. The van der Waals surface area contributed by atoms with Crippen molar-refractivity contribution in [3.8, 4) is 6.07 Å². The lowest BCUT2D eigenvalue weighted by Crippen LogP contribution is -2.45. The fourth-order valence-corrected chi connectivity index (χ4v) is 5.50. The summed E-state index contributed by atoms with van der Waals surface area (Å²) in [5.74, 6) is -0.906. The van der Waals surface area contributed by atoms with Gasteiger partial charge in [0.1, 0.15) is 9.87 Å². The minimum atomic E-state index is -3.26. The largest absolute Gasteiger partial charge is 0.338 e. The van der Waals surface area contributed by atoms with Gasteiger partial charge in [0.2, 0.25) is 5.91 Å². The standard InChI is InChI=1S/C22H24Cl2N4O3S/c1-32(30,31)16-4-2-14(3-5-16)10-15-12-26-28-19(15)17-6-7-22(23,24)11-18(17)20(29)27-21(13-25)8-9-21/h2-5,12,17-18H,6-11H2,1H3,(H,26,28)(H,27,29)/t17-,18-/m1/s1. The fourth-order valence-electron chi connectivity index (χ4n) is 4.32. The van der Waals surface area contributed by atoms with Gasteiger partial charge in [-0.2, -0.15) is 10.4 Å². The van der Waals surface area contributed by atoms with Gasteiger partial charge in [-0.15, -0.1) is 23.2 Å². The van der Waals surface area contributed by atoms with Crippen molar-refractivity contribution in [3.63, 3.8) is 0 Å². The highest BCUT2D eigenvalue weighted by atomic mass is 35.5. The van der Waals surface area contributed by atoms with Crippen molar-refractivity contribution >= 4 is 38.9 Å². The van der Waals surface area contributed by atoms with Gasteiger partial charge in [0.15, 0.2) is 9.84 Å². The molecule has 2 N–H and O–H groups in total. The van der Waals surface area contributed by atoms with Crippen LogP contribution in [0.3, 0.4) is 0 Å². The van der Waals surface area contributed by atoms with E-state index in [0.717, 1.165) is 16.8 Å². The number of benzene rings is 1. The second-order valence-corrected chi connectivity index (χ2v) is 12.5. The van der Waals surface area contributed by atoms with Crippen LogP contribution in [0.5, 0.6) is 0 Å². The monoisotopic (exact) mass is 494 g/mol. The van der Waals surface area contributed by atoms with Gasteiger partial charge in [0.25, 0.3) is 0 Å². The molecule has 32 heavy (non-hydrogen) atoms. The van der Waals surface area contributed by atoms with Gasteiger partial charge in [-0.05, 0) is 55.4 Å². The summed E-state index contributed by atoms with van der Waals surface area (Å²) >= 11 is 12.8. The number of alkyl halides is 2. The summed E-state index contributed by atoms with van der Waals surface area (Å²) in [7, 11) is -3.26. The van der Waals surface area contributed by atoms with Crippen molar-refractivity contribution in [2.45, 2.75) is 59.2 Å². The Morgan fingerprint density at radius 1 is 1.28 bits per heavy atom. The molecule has 2 aliphatic rings. The number of sulfone groups is 1. The Balaban J connectivity index is 1.57. The first-order valence-electron chi connectivity index (χ1n) is 10.4. The van der Waals surface area contributed by atoms with E-state index in [1.54, 1.807) is 30.5 Å². The van der Waals surface area contributed by atoms with Gasteiger partial charge in [-0.3, -0.25) is 9.89 Å². The summed E-state index contributed by atoms with van der Waals surface area (Å²) < 4.78 is 22.4. The SMILES string of the molecule is CS(=O)(=O)c1ccc(Cc2c[nH]nc2[C@@H]2CCC(Cl)(Cl)C[C@H]2C(=O)NC2(C#N)CC2)cc1. The van der Waals surface area contributed by atoms with E-state index < -0.39 is 25.6 Å². The Morgan fingerprint density at radius 2 is 1.97 bits per heavy atom. The number of nitriles is 1. The maximum atomic E-state index is 13.1. The molecule has 1 amide bonds. The van der Waals surface area contributed by atoms with Crippen molar-refractivity contribution in [1.29, 1.82) is 5.26 Å². The molecular weight excluding hydrogens is 471 g/mol. The lowest BCUT2D eigenvalue weighted by molar-refractivity contribution is -0.127. The highest BCUT2D eigenvalue weighted by Gasteiger charge is 2.49. The van der Waals surface area contributed by atoms with Crippen molar-refractivity contribution in [3.05, 3.63) is 47.3 Å². The van der Waals surface area contributed by atoms with Crippen LogP contribution < -0.4 is 5.32 Å². The Hall–Kier alpha value is -2.08. The average molecular weight is 495 g/mol. The number of aromatic amines is 1. The molecule has 2 atom stereocenters. The number of H-pyrrole nitrogens is 1. The van der Waals surface area contributed by atoms with E-state index in [2.05, 4.69) is 21.6 Å². The number of nitrogens with zero attached hydrogens (tertiary/aromatic N) is 2. The van der Waals surface area contributed by atoms with Crippen molar-refractivity contribution < 1.29 is 13.2 Å². The number of rotatable bonds is 6. The van der Waals surface area contributed by atoms with Crippen LogP contribution in [0.4, 0.5) is 0 Å². The molecule has 1 aromatic heterocycles. The molecule has 0 bridgehead atoms. The van der Waals surface area contributed by atoms with Crippen LogP contribution in [-0.4, -0.2) is 40.7 Å². The zero-order valence-corrected chi connectivity index (χ0v) is 19.9. The molecule has 7 nitrogen and oxygen atoms in total. The van der Waals surface area contributed by atoms with Gasteiger partial charge in [0, 0.05) is 30.7 Å². The predicted octanol–water partition coefficient (Wildman–Crippen LogP) is 3.63. The van der Waals surface area contributed by atoms with E-state index >= 15 is 0 Å². The van der Waals surface area contributed by atoms with E-state index in [1.807, 2.05) is 0 Å². The molecule has 4 rings (SSSR count). The molecule has 2 saturated carbocycles. The Labute approximate surface area is 197 Å². The summed E-state index contributed by atoms with van der Waals surface area (Å²) in [6.07, 6.45) is 6.22. The first-order valence-corrected chi connectivity index (χ1v) is 13.1. The van der Waals surface area contributed by atoms with Crippen LogP contribution in [0.25, 0.3) is 0 Å². The molecule has 1 heterocycles. The van der Waals surface area contributed by atoms with Gasteiger partial charge in [-0.25, -0.2) is 8.42 Å². The smallest absolute Gasteiger partial charge is 0.225 e. The Morgan fingerprint density at radius 3 is 2.56 bits per heavy atom. The van der Waals surface area contributed by atoms with Crippen LogP contribution in [0.15, 0.2) is 35.4 Å². The number of amides is 1. The fraction of sp³-hybridized carbons (Fsp3) is 0.500. The van der Waals surface area contributed by atoms with Crippen molar-refractivity contribution in [2.24, 2.45) is 5.92 Å². The van der Waals surface area contributed by atoms with Gasteiger partial charge in [0.05, 0.1) is 16.7 Å². The van der Waals surface area contributed by atoms with Gasteiger partial charge >= 0.3 is 0 Å². The Bertz CT molecular complexity index is 1160. The van der Waals surface area contributed by atoms with Crippen molar-refractivity contribution in [2.75, 3.05) is 6.26 Å². The second-order valence-electron chi connectivity index (χ2n) is 8.88. The van der Waals surface area contributed by atoms with Crippen LogP contribution in [-0.2, 0) is 21.1 Å². The summed E-state index contributed by atoms with van der Waals surface area (Å²) in [5.41, 5.74) is 1.87. The average Bonchev–Trinajstić information content (AvgIpc) is 3.36. The number of carbonyl (C=O) groups excluding carboxylic acids is 1. The molecule has 0 aliphatic heterocycles. The van der Waals surface area contributed by atoms with E-state index in [4.69, 9.17) is 23.2 Å². The molecule has 2 aromatic rings. The molecule has 10 heteroatoms. The minimum Gasteiger partial charge on any atom is -0.338 e. The highest BCUT2D eigenvalue weighted by Crippen LogP contribution is 2.48.